The number of hydrogen-bond donors (Lipinski definition) is 2. The molecule has 1 saturated heterocycles. The molecule has 0 aliphatic carbocycles. The van der Waals surface area contributed by atoms with Gasteiger partial charge in [0.2, 0.25) is 10.0 Å². The van der Waals surface area contributed by atoms with Crippen LogP contribution in [0, 0.1) is 0 Å². The van der Waals surface area contributed by atoms with Gasteiger partial charge in [0.25, 0.3) is 0 Å². The highest BCUT2D eigenvalue weighted by molar-refractivity contribution is 7.89. The number of oxazole rings is 1. The second kappa shape index (κ2) is 5.23. The molecule has 1 aromatic heterocycles. The predicted octanol–water partition coefficient (Wildman–Crippen LogP) is -0.405. The molecule has 9 nitrogen and oxygen atoms in total. The third kappa shape index (κ3) is 2.40. The fraction of sp³-hybridized carbons (Fsp3) is 0.333. The summed E-state index contributed by atoms with van der Waals surface area (Å²) in [7, 11) is -4.04. The van der Waals surface area contributed by atoms with Crippen molar-refractivity contribution in [2.24, 2.45) is 0 Å². The molecule has 1 atom stereocenters. The summed E-state index contributed by atoms with van der Waals surface area (Å²) in [5.41, 5.74) is 0.451. The zero-order chi connectivity index (χ0) is 15.9. The Hall–Kier alpha value is -2.17. The minimum atomic E-state index is -4.04. The number of hydrogen-bond acceptors (Lipinski definition) is 6. The van der Waals surface area contributed by atoms with Crippen molar-refractivity contribution in [2.75, 3.05) is 19.8 Å². The minimum Gasteiger partial charge on any atom is -0.480 e. The van der Waals surface area contributed by atoms with Gasteiger partial charge in [-0.25, -0.2) is 13.2 Å². The summed E-state index contributed by atoms with van der Waals surface area (Å²) in [6.45, 7) is -0.158. The van der Waals surface area contributed by atoms with Crippen molar-refractivity contribution in [2.45, 2.75) is 10.9 Å². The Labute approximate surface area is 124 Å². The van der Waals surface area contributed by atoms with Crippen molar-refractivity contribution in [1.82, 2.24) is 9.29 Å². The van der Waals surface area contributed by atoms with E-state index in [1.54, 1.807) is 0 Å². The highest BCUT2D eigenvalue weighted by atomic mass is 32.2. The van der Waals surface area contributed by atoms with Gasteiger partial charge >= 0.3 is 11.7 Å². The first kappa shape index (κ1) is 14.8. The molecular formula is C12H12N2O7S. The summed E-state index contributed by atoms with van der Waals surface area (Å²) in [6.07, 6.45) is 0. The third-order valence-electron chi connectivity index (χ3n) is 3.36. The van der Waals surface area contributed by atoms with Crippen LogP contribution in [0.3, 0.4) is 0 Å². The van der Waals surface area contributed by atoms with E-state index in [2.05, 4.69) is 4.98 Å². The molecular weight excluding hydrogens is 316 g/mol. The first-order valence-electron chi connectivity index (χ1n) is 6.35. The summed E-state index contributed by atoms with van der Waals surface area (Å²) in [4.78, 5) is 24.6. The number of H-pyrrole nitrogens is 1. The van der Waals surface area contributed by atoms with Crippen LogP contribution in [0.25, 0.3) is 11.1 Å². The zero-order valence-corrected chi connectivity index (χ0v) is 12.0. The van der Waals surface area contributed by atoms with Gasteiger partial charge in [-0.15, -0.1) is 0 Å². The van der Waals surface area contributed by atoms with Crippen LogP contribution in [0.15, 0.2) is 32.3 Å². The average molecular weight is 328 g/mol. The lowest BCUT2D eigenvalue weighted by atomic mass is 10.3. The molecule has 10 heteroatoms. The SMILES string of the molecule is O=C(O)C1COCCN1S(=O)(=O)c1ccc2[nH]c(=O)oc2c1. The van der Waals surface area contributed by atoms with E-state index in [1.165, 1.54) is 18.2 Å². The number of fused-ring (bicyclic) bond motifs is 1. The maximum absolute atomic E-state index is 12.6. The number of ether oxygens (including phenoxy) is 1. The molecule has 2 N–H and O–H groups in total. The number of benzene rings is 1. The fourth-order valence-electron chi connectivity index (χ4n) is 2.29. The number of morpholine rings is 1. The summed E-state index contributed by atoms with van der Waals surface area (Å²) in [6, 6.07) is 2.59. The van der Waals surface area contributed by atoms with Crippen molar-refractivity contribution >= 4 is 27.1 Å². The molecule has 3 rings (SSSR count). The quantitative estimate of drug-likeness (QED) is 0.783. The monoisotopic (exact) mass is 328 g/mol. The van der Waals surface area contributed by atoms with E-state index < -0.39 is 27.8 Å². The van der Waals surface area contributed by atoms with Crippen LogP contribution in [0.2, 0.25) is 0 Å². The second-order valence-corrected chi connectivity index (χ2v) is 6.61. The number of aliphatic carboxylic acids is 1. The zero-order valence-electron chi connectivity index (χ0n) is 11.2. The van der Waals surface area contributed by atoms with Crippen LogP contribution in [0.4, 0.5) is 0 Å². The molecule has 1 aliphatic heterocycles. The van der Waals surface area contributed by atoms with Crippen molar-refractivity contribution in [3.63, 3.8) is 0 Å². The molecule has 1 unspecified atom stereocenters. The second-order valence-electron chi connectivity index (χ2n) is 4.72. The maximum Gasteiger partial charge on any atom is 0.417 e. The lowest BCUT2D eigenvalue weighted by Crippen LogP contribution is -2.52. The van der Waals surface area contributed by atoms with E-state index in [1.807, 2.05) is 0 Å². The van der Waals surface area contributed by atoms with Gasteiger partial charge in [0.05, 0.1) is 23.6 Å². The molecule has 0 spiro atoms. The van der Waals surface area contributed by atoms with Crippen LogP contribution >= 0.6 is 0 Å². The Bertz CT molecular complexity index is 882. The van der Waals surface area contributed by atoms with Gasteiger partial charge in [0, 0.05) is 12.6 Å². The van der Waals surface area contributed by atoms with Gasteiger partial charge in [0.15, 0.2) is 5.58 Å². The summed E-state index contributed by atoms with van der Waals surface area (Å²) >= 11 is 0. The van der Waals surface area contributed by atoms with E-state index in [9.17, 15) is 18.0 Å². The number of aromatic nitrogens is 1. The summed E-state index contributed by atoms with van der Waals surface area (Å²) in [5.74, 6) is -1.98. The standard InChI is InChI=1S/C12H12N2O7S/c15-11(16)9-6-20-4-3-14(9)22(18,19)7-1-2-8-10(5-7)21-12(17)13-8/h1-2,5,9H,3-4,6H2,(H,13,17)(H,15,16). The Morgan fingerprint density at radius 3 is 2.91 bits per heavy atom. The number of nitrogens with zero attached hydrogens (tertiary/aromatic N) is 1. The largest absolute Gasteiger partial charge is 0.480 e. The van der Waals surface area contributed by atoms with Crippen LogP contribution in [-0.2, 0) is 19.6 Å². The molecule has 1 aliphatic rings. The van der Waals surface area contributed by atoms with E-state index in [4.69, 9.17) is 14.3 Å². The normalized spacial score (nSPS) is 20.3. The molecule has 1 aromatic carbocycles. The third-order valence-corrected chi connectivity index (χ3v) is 5.27. The molecule has 0 amide bonds. The number of aromatic amines is 1. The van der Waals surface area contributed by atoms with Crippen LogP contribution in [0.5, 0.6) is 0 Å². The van der Waals surface area contributed by atoms with Gasteiger partial charge in [-0.1, -0.05) is 0 Å². The van der Waals surface area contributed by atoms with Crippen LogP contribution < -0.4 is 5.76 Å². The molecule has 0 bridgehead atoms. The molecule has 1 fully saturated rings. The van der Waals surface area contributed by atoms with E-state index >= 15 is 0 Å². The Morgan fingerprint density at radius 2 is 2.18 bits per heavy atom. The van der Waals surface area contributed by atoms with Crippen LogP contribution in [-0.4, -0.2) is 54.6 Å². The first-order chi connectivity index (χ1) is 10.4. The van der Waals surface area contributed by atoms with Crippen molar-refractivity contribution in [3.8, 4) is 0 Å². The van der Waals surface area contributed by atoms with E-state index in [0.29, 0.717) is 5.52 Å². The van der Waals surface area contributed by atoms with Gasteiger partial charge in [-0.2, -0.15) is 4.31 Å². The number of carboxylic acid groups (broad SMARTS) is 1. The highest BCUT2D eigenvalue weighted by Crippen LogP contribution is 2.23. The van der Waals surface area contributed by atoms with Gasteiger partial charge < -0.3 is 14.3 Å². The first-order valence-corrected chi connectivity index (χ1v) is 7.79. The molecule has 0 saturated carbocycles. The van der Waals surface area contributed by atoms with Gasteiger partial charge in [-0.3, -0.25) is 9.78 Å². The Kier molecular flexibility index (Phi) is 3.51. The average Bonchev–Trinajstić information content (AvgIpc) is 2.86. The summed E-state index contributed by atoms with van der Waals surface area (Å²) in [5, 5.41) is 9.14. The number of carboxylic acids is 1. The Morgan fingerprint density at radius 1 is 1.41 bits per heavy atom. The molecule has 118 valence electrons. The van der Waals surface area contributed by atoms with Gasteiger partial charge in [-0.05, 0) is 12.1 Å². The van der Waals surface area contributed by atoms with Gasteiger partial charge in [0.1, 0.15) is 6.04 Å². The molecule has 2 aromatic rings. The van der Waals surface area contributed by atoms with Crippen molar-refractivity contribution in [1.29, 1.82) is 0 Å². The van der Waals surface area contributed by atoms with E-state index in [-0.39, 0.29) is 30.2 Å². The molecule has 0 radical (unpaired) electrons. The number of carbonyl (C=O) groups is 1. The lowest BCUT2D eigenvalue weighted by Gasteiger charge is -2.31. The smallest absolute Gasteiger partial charge is 0.417 e. The minimum absolute atomic E-state index is 0.0611. The number of sulfonamides is 1. The number of rotatable bonds is 3. The molecule has 2 heterocycles. The lowest BCUT2D eigenvalue weighted by molar-refractivity contribution is -0.146. The van der Waals surface area contributed by atoms with E-state index in [0.717, 1.165) is 4.31 Å². The molecule has 22 heavy (non-hydrogen) atoms. The van der Waals surface area contributed by atoms with Crippen LogP contribution in [0.1, 0.15) is 0 Å². The fourth-order valence-corrected chi connectivity index (χ4v) is 3.86. The topological polar surface area (TPSA) is 130 Å². The Balaban J connectivity index is 2.06. The predicted molar refractivity (Wildman–Crippen MR) is 73.0 cm³/mol. The summed E-state index contributed by atoms with van der Waals surface area (Å²) < 4.78 is 36.0. The highest BCUT2D eigenvalue weighted by Gasteiger charge is 2.38. The van der Waals surface area contributed by atoms with Crippen molar-refractivity contribution < 1.29 is 27.5 Å². The maximum atomic E-state index is 12.6. The van der Waals surface area contributed by atoms with Crippen molar-refractivity contribution in [3.05, 3.63) is 28.7 Å². The number of nitrogens with one attached hydrogen (secondary N) is 1.